The van der Waals surface area contributed by atoms with E-state index in [-0.39, 0.29) is 21.8 Å². The minimum Gasteiger partial charge on any atom is -0.497 e. The summed E-state index contributed by atoms with van der Waals surface area (Å²) in [6.07, 6.45) is 1.24. The normalized spacial score (nSPS) is 11.4. The van der Waals surface area contributed by atoms with Gasteiger partial charge in [-0.25, -0.2) is 0 Å². The van der Waals surface area contributed by atoms with Gasteiger partial charge in [0.2, 0.25) is 0 Å². The van der Waals surface area contributed by atoms with E-state index in [0.717, 1.165) is 11.1 Å². The van der Waals surface area contributed by atoms with Crippen LogP contribution in [0.15, 0.2) is 71.1 Å². The molecular formula is C25H21ClN2O5S. The van der Waals surface area contributed by atoms with Crippen molar-refractivity contribution in [3.63, 3.8) is 0 Å². The van der Waals surface area contributed by atoms with Crippen LogP contribution in [-0.4, -0.2) is 21.4 Å². The summed E-state index contributed by atoms with van der Waals surface area (Å²) in [4.78, 5) is 12.7. The molecular weight excluding hydrogens is 476 g/mol. The van der Waals surface area contributed by atoms with E-state index in [4.69, 9.17) is 20.5 Å². The van der Waals surface area contributed by atoms with E-state index in [1.165, 1.54) is 37.5 Å². The van der Waals surface area contributed by atoms with Gasteiger partial charge in [-0.2, -0.15) is 13.7 Å². The van der Waals surface area contributed by atoms with Crippen molar-refractivity contribution in [3.05, 3.63) is 87.9 Å². The quantitative estimate of drug-likeness (QED) is 0.271. The number of anilines is 1. The van der Waals surface area contributed by atoms with Crippen molar-refractivity contribution in [2.45, 2.75) is 18.7 Å². The highest BCUT2D eigenvalue weighted by Gasteiger charge is 2.20. The number of nitriles is 1. The molecule has 174 valence electrons. The molecule has 0 radical (unpaired) electrons. The summed E-state index contributed by atoms with van der Waals surface area (Å²) < 4.78 is 36.2. The van der Waals surface area contributed by atoms with Crippen LogP contribution in [0.5, 0.6) is 11.5 Å². The van der Waals surface area contributed by atoms with E-state index in [2.05, 4.69) is 5.32 Å². The number of nitrogens with one attached hydrogen (secondary N) is 1. The van der Waals surface area contributed by atoms with Crippen molar-refractivity contribution in [2.24, 2.45) is 0 Å². The smallest absolute Gasteiger partial charge is 0.339 e. The van der Waals surface area contributed by atoms with Crippen LogP contribution in [0.3, 0.4) is 0 Å². The summed E-state index contributed by atoms with van der Waals surface area (Å²) in [6, 6.07) is 17.4. The monoisotopic (exact) mass is 496 g/mol. The number of aryl methyl sites for hydroxylation is 2. The van der Waals surface area contributed by atoms with Gasteiger partial charge in [0.05, 0.1) is 7.11 Å². The second-order valence-electron chi connectivity index (χ2n) is 7.34. The maximum Gasteiger partial charge on any atom is 0.339 e. The maximum atomic E-state index is 12.8. The third kappa shape index (κ3) is 5.95. The van der Waals surface area contributed by atoms with Crippen LogP contribution in [0, 0.1) is 25.2 Å². The van der Waals surface area contributed by atoms with Gasteiger partial charge in [0.25, 0.3) is 5.91 Å². The van der Waals surface area contributed by atoms with Crippen molar-refractivity contribution in [1.29, 1.82) is 5.26 Å². The van der Waals surface area contributed by atoms with Gasteiger partial charge in [-0.1, -0.05) is 35.4 Å². The average Bonchev–Trinajstić information content (AvgIpc) is 2.80. The Kier molecular flexibility index (Phi) is 7.61. The third-order valence-electron chi connectivity index (χ3n) is 4.82. The van der Waals surface area contributed by atoms with Gasteiger partial charge in [0.1, 0.15) is 22.3 Å². The number of amides is 1. The van der Waals surface area contributed by atoms with Gasteiger partial charge in [0.15, 0.2) is 5.75 Å². The highest BCUT2D eigenvalue weighted by Crippen LogP contribution is 2.30. The van der Waals surface area contributed by atoms with Crippen molar-refractivity contribution in [3.8, 4) is 17.6 Å². The Balaban J connectivity index is 1.96. The van der Waals surface area contributed by atoms with Gasteiger partial charge < -0.3 is 14.2 Å². The fraction of sp³-hybridized carbons (Fsp3) is 0.120. The molecule has 0 aliphatic carbocycles. The summed E-state index contributed by atoms with van der Waals surface area (Å²) >= 11 is 6.09. The van der Waals surface area contributed by atoms with Gasteiger partial charge >= 0.3 is 10.1 Å². The molecule has 0 bridgehead atoms. The fourth-order valence-electron chi connectivity index (χ4n) is 2.88. The molecule has 0 aliphatic rings. The maximum absolute atomic E-state index is 12.8. The van der Waals surface area contributed by atoms with E-state index in [9.17, 15) is 18.5 Å². The molecule has 0 atom stereocenters. The SMILES string of the molecule is COc1ccc(/C=C(\C#N)C(=O)Nc2ccc(C)c(Cl)c2)c(OS(=O)(=O)c2ccc(C)cc2)c1. The zero-order valence-corrected chi connectivity index (χ0v) is 20.2. The Labute approximate surface area is 203 Å². The highest BCUT2D eigenvalue weighted by molar-refractivity contribution is 7.87. The van der Waals surface area contributed by atoms with Crippen molar-refractivity contribution in [1.82, 2.24) is 0 Å². The molecule has 0 aliphatic heterocycles. The standard InChI is InChI=1S/C25H21ClN2O5S/c1-16-4-10-22(11-5-16)34(30,31)33-24-14-21(32-3)9-7-18(24)12-19(15-27)25(29)28-20-8-6-17(2)23(26)13-20/h4-14H,1-3H3,(H,28,29)/b19-12+. The van der Waals surface area contributed by atoms with E-state index in [1.54, 1.807) is 36.4 Å². The molecule has 34 heavy (non-hydrogen) atoms. The summed E-state index contributed by atoms with van der Waals surface area (Å²) in [5, 5.41) is 12.6. The Morgan fingerprint density at radius 1 is 1.06 bits per heavy atom. The van der Waals surface area contributed by atoms with E-state index < -0.39 is 16.0 Å². The molecule has 1 N–H and O–H groups in total. The predicted molar refractivity (Wildman–Crippen MR) is 130 cm³/mol. The molecule has 1 amide bonds. The zero-order chi connectivity index (χ0) is 24.9. The first-order chi connectivity index (χ1) is 16.1. The number of methoxy groups -OCH3 is 1. The van der Waals surface area contributed by atoms with Crippen LogP contribution in [0.2, 0.25) is 5.02 Å². The van der Waals surface area contributed by atoms with Crippen LogP contribution in [0.4, 0.5) is 5.69 Å². The number of nitrogens with zero attached hydrogens (tertiary/aromatic N) is 1. The van der Waals surface area contributed by atoms with Crippen molar-refractivity contribution >= 4 is 39.4 Å². The molecule has 7 nitrogen and oxygen atoms in total. The first kappa shape index (κ1) is 24.8. The molecule has 0 fully saturated rings. The molecule has 9 heteroatoms. The first-order valence-corrected chi connectivity index (χ1v) is 11.8. The highest BCUT2D eigenvalue weighted by atomic mass is 35.5. The third-order valence-corrected chi connectivity index (χ3v) is 6.48. The molecule has 3 aromatic rings. The van der Waals surface area contributed by atoms with E-state index >= 15 is 0 Å². The van der Waals surface area contributed by atoms with Gasteiger partial charge in [-0.05, 0) is 61.9 Å². The first-order valence-electron chi connectivity index (χ1n) is 10.0. The lowest BCUT2D eigenvalue weighted by molar-refractivity contribution is -0.112. The lowest BCUT2D eigenvalue weighted by atomic mass is 10.1. The van der Waals surface area contributed by atoms with Crippen molar-refractivity contribution in [2.75, 3.05) is 12.4 Å². The molecule has 0 unspecified atom stereocenters. The second-order valence-corrected chi connectivity index (χ2v) is 9.30. The topological polar surface area (TPSA) is 105 Å². The van der Waals surface area contributed by atoms with Crippen molar-refractivity contribution < 1.29 is 22.1 Å². The average molecular weight is 497 g/mol. The minimum absolute atomic E-state index is 0.0367. The number of carbonyl (C=O) groups is 1. The van der Waals surface area contributed by atoms with E-state index in [1.807, 2.05) is 19.9 Å². The second kappa shape index (κ2) is 10.4. The molecule has 0 spiro atoms. The Morgan fingerprint density at radius 3 is 2.38 bits per heavy atom. The number of halogens is 1. The fourth-order valence-corrected chi connectivity index (χ4v) is 4.00. The molecule has 0 aromatic heterocycles. The Bertz CT molecular complexity index is 1410. The van der Waals surface area contributed by atoms with Crippen LogP contribution >= 0.6 is 11.6 Å². The number of hydrogen-bond donors (Lipinski definition) is 1. The number of ether oxygens (including phenoxy) is 1. The summed E-state index contributed by atoms with van der Waals surface area (Å²) in [6.45, 7) is 3.66. The predicted octanol–water partition coefficient (Wildman–Crippen LogP) is 5.28. The van der Waals surface area contributed by atoms with Crippen LogP contribution in [0.1, 0.15) is 16.7 Å². The molecule has 0 saturated heterocycles. The summed E-state index contributed by atoms with van der Waals surface area (Å²) in [5.74, 6) is -0.451. The Morgan fingerprint density at radius 2 is 1.76 bits per heavy atom. The van der Waals surface area contributed by atoms with Crippen LogP contribution in [0.25, 0.3) is 6.08 Å². The molecule has 3 rings (SSSR count). The van der Waals surface area contributed by atoms with Gasteiger partial charge in [-0.3, -0.25) is 4.79 Å². The zero-order valence-electron chi connectivity index (χ0n) is 18.6. The minimum atomic E-state index is -4.18. The lowest BCUT2D eigenvalue weighted by Gasteiger charge is -2.12. The van der Waals surface area contributed by atoms with Gasteiger partial charge in [-0.15, -0.1) is 0 Å². The number of carbonyl (C=O) groups excluding carboxylic acids is 1. The summed E-state index contributed by atoms with van der Waals surface area (Å²) in [7, 11) is -2.76. The van der Waals surface area contributed by atoms with Crippen LogP contribution < -0.4 is 14.2 Å². The Hall–Kier alpha value is -3.80. The lowest BCUT2D eigenvalue weighted by Crippen LogP contribution is -2.14. The number of benzene rings is 3. The van der Waals surface area contributed by atoms with Gasteiger partial charge in [0, 0.05) is 22.3 Å². The van der Waals surface area contributed by atoms with E-state index in [0.29, 0.717) is 16.5 Å². The molecule has 0 saturated carbocycles. The number of rotatable bonds is 7. The molecule has 3 aromatic carbocycles. The summed E-state index contributed by atoms with van der Waals surface area (Å²) in [5.41, 5.74) is 2.08. The van der Waals surface area contributed by atoms with Crippen LogP contribution in [-0.2, 0) is 14.9 Å². The molecule has 0 heterocycles. The number of hydrogen-bond acceptors (Lipinski definition) is 6. The largest absolute Gasteiger partial charge is 0.497 e.